The summed E-state index contributed by atoms with van der Waals surface area (Å²) in [4.78, 5) is 12.1. The Morgan fingerprint density at radius 2 is 1.94 bits per heavy atom. The first-order valence-electron chi connectivity index (χ1n) is 5.42. The van der Waals surface area contributed by atoms with Gasteiger partial charge in [-0.2, -0.15) is 5.10 Å². The van der Waals surface area contributed by atoms with Crippen LogP contribution in [0.4, 0.5) is 0 Å². The average molecular weight is 216 g/mol. The molecule has 0 aliphatic rings. The average Bonchev–Trinajstić information content (AvgIpc) is 2.21. The maximum atomic E-state index is 12.1. The van der Waals surface area contributed by atoms with Gasteiger partial charge in [0.2, 0.25) is 0 Å². The van der Waals surface area contributed by atoms with Crippen molar-refractivity contribution >= 4 is 10.8 Å². The van der Waals surface area contributed by atoms with Gasteiger partial charge in [0.25, 0.3) is 5.56 Å². The summed E-state index contributed by atoms with van der Waals surface area (Å²) in [6, 6.07) is 7.55. The molecule has 16 heavy (non-hydrogen) atoms. The zero-order valence-electron chi connectivity index (χ0n) is 9.90. The SMILES string of the molecule is CC(C)(C)Cn1ncc2ccccc2c1=O. The predicted octanol–water partition coefficient (Wildman–Crippen LogP) is 2.44. The summed E-state index contributed by atoms with van der Waals surface area (Å²) in [7, 11) is 0. The number of rotatable bonds is 1. The summed E-state index contributed by atoms with van der Waals surface area (Å²) in [5, 5.41) is 5.83. The Kier molecular flexibility index (Phi) is 2.54. The Bertz CT molecular complexity index is 564. The summed E-state index contributed by atoms with van der Waals surface area (Å²) in [6.45, 7) is 6.92. The fourth-order valence-corrected chi connectivity index (χ4v) is 1.69. The molecule has 3 heteroatoms. The zero-order valence-corrected chi connectivity index (χ0v) is 9.90. The third kappa shape index (κ3) is 2.13. The van der Waals surface area contributed by atoms with Crippen LogP contribution in [0.5, 0.6) is 0 Å². The molecule has 0 aliphatic heterocycles. The van der Waals surface area contributed by atoms with Crippen molar-refractivity contribution in [2.45, 2.75) is 27.3 Å². The molecule has 0 bridgehead atoms. The fraction of sp³-hybridized carbons (Fsp3) is 0.385. The fourth-order valence-electron chi connectivity index (χ4n) is 1.69. The van der Waals surface area contributed by atoms with E-state index in [4.69, 9.17) is 0 Å². The van der Waals surface area contributed by atoms with Gasteiger partial charge in [-0.3, -0.25) is 4.79 Å². The Hall–Kier alpha value is -1.64. The van der Waals surface area contributed by atoms with Gasteiger partial charge in [-0.05, 0) is 11.5 Å². The molecule has 0 saturated carbocycles. The van der Waals surface area contributed by atoms with Gasteiger partial charge in [0.05, 0.1) is 11.6 Å². The van der Waals surface area contributed by atoms with Crippen LogP contribution in [-0.4, -0.2) is 9.78 Å². The molecule has 0 atom stereocenters. The minimum absolute atomic E-state index is 0.00646. The number of nitrogens with zero attached hydrogens (tertiary/aromatic N) is 2. The van der Waals surface area contributed by atoms with Crippen LogP contribution in [0.1, 0.15) is 20.8 Å². The Balaban J connectivity index is 2.57. The highest BCUT2D eigenvalue weighted by Crippen LogP contribution is 2.15. The predicted molar refractivity (Wildman–Crippen MR) is 65.5 cm³/mol. The first-order valence-corrected chi connectivity index (χ1v) is 5.42. The van der Waals surface area contributed by atoms with Crippen molar-refractivity contribution in [2.24, 2.45) is 5.41 Å². The minimum Gasteiger partial charge on any atom is -0.267 e. The first kappa shape index (κ1) is 10.9. The van der Waals surface area contributed by atoms with Crippen LogP contribution in [0.25, 0.3) is 10.8 Å². The third-order valence-corrected chi connectivity index (χ3v) is 2.39. The largest absolute Gasteiger partial charge is 0.274 e. The first-order chi connectivity index (χ1) is 7.47. The quantitative estimate of drug-likeness (QED) is 0.734. The summed E-state index contributed by atoms with van der Waals surface area (Å²) in [5.74, 6) is 0. The molecule has 2 rings (SSSR count). The normalized spacial score (nSPS) is 11.9. The smallest absolute Gasteiger partial charge is 0.267 e. The number of aromatic nitrogens is 2. The minimum atomic E-state index is -0.00646. The number of fused-ring (bicyclic) bond motifs is 1. The van der Waals surface area contributed by atoms with Crippen LogP contribution in [0.15, 0.2) is 35.3 Å². The molecule has 0 N–H and O–H groups in total. The molecule has 84 valence electrons. The van der Waals surface area contributed by atoms with E-state index in [0.29, 0.717) is 6.54 Å². The molecule has 1 heterocycles. The van der Waals surface area contributed by atoms with Crippen LogP contribution >= 0.6 is 0 Å². The number of hydrogen-bond donors (Lipinski definition) is 0. The van der Waals surface area contributed by atoms with E-state index in [2.05, 4.69) is 25.9 Å². The second-order valence-electron chi connectivity index (χ2n) is 5.26. The molecule has 1 aromatic carbocycles. The van der Waals surface area contributed by atoms with Crippen molar-refractivity contribution in [2.75, 3.05) is 0 Å². The van der Waals surface area contributed by atoms with Gasteiger partial charge in [-0.25, -0.2) is 4.68 Å². The van der Waals surface area contributed by atoms with Crippen molar-refractivity contribution in [3.63, 3.8) is 0 Å². The van der Waals surface area contributed by atoms with Gasteiger partial charge in [-0.1, -0.05) is 39.0 Å². The molecule has 3 nitrogen and oxygen atoms in total. The summed E-state index contributed by atoms with van der Waals surface area (Å²) in [6.07, 6.45) is 1.75. The van der Waals surface area contributed by atoms with E-state index in [1.807, 2.05) is 24.3 Å². The Morgan fingerprint density at radius 1 is 1.25 bits per heavy atom. The van der Waals surface area contributed by atoms with E-state index in [9.17, 15) is 4.79 Å². The maximum Gasteiger partial charge on any atom is 0.274 e. The molecular weight excluding hydrogens is 200 g/mol. The molecule has 0 radical (unpaired) electrons. The number of benzene rings is 1. The Labute approximate surface area is 94.7 Å². The van der Waals surface area contributed by atoms with Crippen LogP contribution in [0.2, 0.25) is 0 Å². The van der Waals surface area contributed by atoms with E-state index >= 15 is 0 Å². The summed E-state index contributed by atoms with van der Waals surface area (Å²) in [5.41, 5.74) is 0.0484. The van der Waals surface area contributed by atoms with Gasteiger partial charge in [0, 0.05) is 11.9 Å². The van der Waals surface area contributed by atoms with Crippen LogP contribution < -0.4 is 5.56 Å². The lowest BCUT2D eigenvalue weighted by molar-refractivity contribution is 0.318. The lowest BCUT2D eigenvalue weighted by Crippen LogP contribution is -2.28. The van der Waals surface area contributed by atoms with E-state index in [-0.39, 0.29) is 11.0 Å². The van der Waals surface area contributed by atoms with Crippen molar-refractivity contribution in [3.8, 4) is 0 Å². The van der Waals surface area contributed by atoms with Gasteiger partial charge in [0.15, 0.2) is 0 Å². The van der Waals surface area contributed by atoms with E-state index < -0.39 is 0 Å². The van der Waals surface area contributed by atoms with Crippen molar-refractivity contribution in [1.29, 1.82) is 0 Å². The van der Waals surface area contributed by atoms with E-state index in [0.717, 1.165) is 10.8 Å². The van der Waals surface area contributed by atoms with Gasteiger partial charge in [0.1, 0.15) is 0 Å². The lowest BCUT2D eigenvalue weighted by Gasteiger charge is -2.18. The van der Waals surface area contributed by atoms with Crippen molar-refractivity contribution < 1.29 is 0 Å². The second-order valence-corrected chi connectivity index (χ2v) is 5.26. The Morgan fingerprint density at radius 3 is 2.62 bits per heavy atom. The highest BCUT2D eigenvalue weighted by molar-refractivity contribution is 5.80. The summed E-state index contributed by atoms with van der Waals surface area (Å²) >= 11 is 0. The highest BCUT2D eigenvalue weighted by atomic mass is 16.1. The van der Waals surface area contributed by atoms with Crippen molar-refractivity contribution in [1.82, 2.24) is 9.78 Å². The second kappa shape index (κ2) is 3.74. The van der Waals surface area contributed by atoms with Crippen LogP contribution in [0.3, 0.4) is 0 Å². The van der Waals surface area contributed by atoms with E-state index in [1.54, 1.807) is 10.9 Å². The molecule has 0 amide bonds. The molecule has 2 aromatic rings. The van der Waals surface area contributed by atoms with E-state index in [1.165, 1.54) is 0 Å². The lowest BCUT2D eigenvalue weighted by atomic mass is 9.97. The maximum absolute atomic E-state index is 12.1. The van der Waals surface area contributed by atoms with Crippen LogP contribution in [0, 0.1) is 5.41 Å². The third-order valence-electron chi connectivity index (χ3n) is 2.39. The molecule has 1 aromatic heterocycles. The monoisotopic (exact) mass is 216 g/mol. The van der Waals surface area contributed by atoms with Gasteiger partial charge >= 0.3 is 0 Å². The standard InChI is InChI=1S/C13H16N2O/c1-13(2,3)9-15-12(16)11-7-5-4-6-10(11)8-14-15/h4-8H,9H2,1-3H3. The molecular formula is C13H16N2O. The van der Waals surface area contributed by atoms with Crippen LogP contribution in [-0.2, 0) is 6.54 Å². The van der Waals surface area contributed by atoms with Gasteiger partial charge in [-0.15, -0.1) is 0 Å². The van der Waals surface area contributed by atoms with Gasteiger partial charge < -0.3 is 0 Å². The topological polar surface area (TPSA) is 34.9 Å². The molecule has 0 saturated heterocycles. The highest BCUT2D eigenvalue weighted by Gasteiger charge is 2.13. The molecule has 0 fully saturated rings. The summed E-state index contributed by atoms with van der Waals surface area (Å²) < 4.78 is 1.54. The molecule has 0 unspecified atom stereocenters. The molecule has 0 spiro atoms. The zero-order chi connectivity index (χ0) is 11.8. The number of hydrogen-bond acceptors (Lipinski definition) is 2. The molecule has 0 aliphatic carbocycles. The van der Waals surface area contributed by atoms with Crippen molar-refractivity contribution in [3.05, 3.63) is 40.8 Å².